The molecule has 1 aromatic heterocycles. The molecule has 2 aromatic carbocycles. The molecule has 0 N–H and O–H groups in total. The van der Waals surface area contributed by atoms with Crippen LogP contribution in [0.15, 0.2) is 46.9 Å². The molecule has 0 amide bonds. The van der Waals surface area contributed by atoms with Gasteiger partial charge >= 0.3 is 11.3 Å². The predicted octanol–water partition coefficient (Wildman–Crippen LogP) is 12.9. The Bertz CT molecular complexity index is 1180. The number of unbranched alkanes of at least 4 members (excludes halogenated alkanes) is 19. The first-order valence-electron chi connectivity index (χ1n) is 17.9. The van der Waals surface area contributed by atoms with Crippen molar-refractivity contribution >= 4 is 11.0 Å². The molecule has 1 aliphatic carbocycles. The lowest BCUT2D eigenvalue weighted by atomic mass is 9.85. The third-order valence-electron chi connectivity index (χ3n) is 9.54. The number of ether oxygens (including phenoxy) is 1. The third kappa shape index (κ3) is 10.1. The van der Waals surface area contributed by atoms with Gasteiger partial charge in [-0.3, -0.25) is 0 Å². The van der Waals surface area contributed by atoms with E-state index >= 15 is 0 Å². The highest BCUT2D eigenvalue weighted by molar-refractivity contribution is 5.86. The van der Waals surface area contributed by atoms with Gasteiger partial charge in [-0.2, -0.15) is 0 Å². The molecule has 2 heteroatoms. The maximum Gasteiger partial charge on any atom is 0.364 e. The van der Waals surface area contributed by atoms with Gasteiger partial charge < -0.3 is 4.74 Å². The van der Waals surface area contributed by atoms with E-state index in [4.69, 9.17) is 9.15 Å². The molecule has 1 aliphatic rings. The number of benzene rings is 2. The van der Waals surface area contributed by atoms with Gasteiger partial charge in [0.05, 0.1) is 23.6 Å². The van der Waals surface area contributed by atoms with E-state index in [1.54, 1.807) is 7.11 Å². The summed E-state index contributed by atoms with van der Waals surface area (Å²) in [5, 5.41) is 1.31. The molecule has 0 saturated carbocycles. The second-order valence-corrected chi connectivity index (χ2v) is 12.9. The zero-order chi connectivity index (χ0) is 29.2. The second kappa shape index (κ2) is 19.0. The first kappa shape index (κ1) is 32.6. The van der Waals surface area contributed by atoms with E-state index in [1.807, 2.05) is 0 Å². The van der Waals surface area contributed by atoms with E-state index < -0.39 is 0 Å². The van der Waals surface area contributed by atoms with Crippen LogP contribution >= 0.6 is 0 Å². The first-order valence-corrected chi connectivity index (χ1v) is 17.9. The van der Waals surface area contributed by atoms with Gasteiger partial charge in [0.1, 0.15) is 5.75 Å². The van der Waals surface area contributed by atoms with Gasteiger partial charge in [0, 0.05) is 6.07 Å². The maximum absolute atomic E-state index is 6.53. The van der Waals surface area contributed by atoms with Gasteiger partial charge in [0.15, 0.2) is 0 Å². The van der Waals surface area contributed by atoms with Crippen LogP contribution in [0, 0.1) is 0 Å². The van der Waals surface area contributed by atoms with E-state index in [0.29, 0.717) is 0 Å². The fourth-order valence-corrected chi connectivity index (χ4v) is 6.99. The zero-order valence-corrected chi connectivity index (χ0v) is 27.1. The quantitative estimate of drug-likeness (QED) is 0.0883. The molecule has 0 saturated heterocycles. The Hall–Kier alpha value is -2.35. The Morgan fingerprint density at radius 3 is 1.74 bits per heavy atom. The van der Waals surface area contributed by atoms with Gasteiger partial charge in [-0.25, -0.2) is 4.42 Å². The topological polar surface area (TPSA) is 20.5 Å². The van der Waals surface area contributed by atoms with E-state index in [0.717, 1.165) is 36.4 Å². The molecular weight excluding hydrogens is 512 g/mol. The van der Waals surface area contributed by atoms with E-state index in [2.05, 4.69) is 49.4 Å². The van der Waals surface area contributed by atoms with Gasteiger partial charge in [0.25, 0.3) is 0 Å². The highest BCUT2D eigenvalue weighted by atomic mass is 16.5. The van der Waals surface area contributed by atoms with Crippen molar-refractivity contribution in [2.75, 3.05) is 7.11 Å². The molecular formula is C40H59O2+. The molecule has 0 fully saturated rings. The SMILES string of the molecule is CCCCCCCCCCCCCCCCCCCCCCc1c2c([o+]c3ccccc13)-c1ccc(OC)cc1CC2. The molecule has 0 radical (unpaired) electrons. The van der Waals surface area contributed by atoms with Crippen molar-refractivity contribution in [2.45, 2.75) is 155 Å². The number of hydrogen-bond donors (Lipinski definition) is 0. The summed E-state index contributed by atoms with van der Waals surface area (Å²) >= 11 is 0. The number of fused-ring (bicyclic) bond motifs is 4. The van der Waals surface area contributed by atoms with Gasteiger partial charge in [-0.1, -0.05) is 141 Å². The minimum Gasteiger partial charge on any atom is -0.497 e. The average molecular weight is 572 g/mol. The molecule has 0 atom stereocenters. The number of para-hydroxylation sites is 1. The zero-order valence-electron chi connectivity index (χ0n) is 27.1. The van der Waals surface area contributed by atoms with Crippen LogP contribution in [0.2, 0.25) is 0 Å². The lowest BCUT2D eigenvalue weighted by molar-refractivity contribution is 0.414. The van der Waals surface area contributed by atoms with Gasteiger partial charge in [0.2, 0.25) is 0 Å². The average Bonchev–Trinajstić information content (AvgIpc) is 3.03. The summed E-state index contributed by atoms with van der Waals surface area (Å²) in [6, 6.07) is 15.1. The molecule has 3 aromatic rings. The van der Waals surface area contributed by atoms with Crippen molar-refractivity contribution in [2.24, 2.45) is 0 Å². The Kier molecular flexibility index (Phi) is 14.8. The Morgan fingerprint density at radius 2 is 1.17 bits per heavy atom. The van der Waals surface area contributed by atoms with Crippen molar-refractivity contribution < 1.29 is 9.15 Å². The molecule has 4 rings (SSSR count). The van der Waals surface area contributed by atoms with Crippen molar-refractivity contribution in [3.8, 4) is 17.1 Å². The molecule has 2 nitrogen and oxygen atoms in total. The van der Waals surface area contributed by atoms with Crippen LogP contribution in [-0.4, -0.2) is 7.11 Å². The van der Waals surface area contributed by atoms with Crippen LogP contribution in [0.25, 0.3) is 22.3 Å². The Balaban J connectivity index is 1.08. The molecule has 0 bridgehead atoms. The predicted molar refractivity (Wildman–Crippen MR) is 182 cm³/mol. The van der Waals surface area contributed by atoms with E-state index in [9.17, 15) is 0 Å². The number of methoxy groups -OCH3 is 1. The van der Waals surface area contributed by atoms with Gasteiger partial charge in [-0.05, 0) is 61.1 Å². The summed E-state index contributed by atoms with van der Waals surface area (Å²) in [4.78, 5) is 0. The van der Waals surface area contributed by atoms with Crippen LogP contribution < -0.4 is 4.74 Å². The van der Waals surface area contributed by atoms with Crippen LogP contribution in [0.1, 0.15) is 152 Å². The fraction of sp³-hybridized carbons (Fsp3) is 0.625. The summed E-state index contributed by atoms with van der Waals surface area (Å²) in [6.07, 6.45) is 31.8. The monoisotopic (exact) mass is 571 g/mol. The molecule has 1 heterocycles. The number of hydrogen-bond acceptors (Lipinski definition) is 1. The van der Waals surface area contributed by atoms with Crippen molar-refractivity contribution in [1.82, 2.24) is 0 Å². The van der Waals surface area contributed by atoms with Crippen molar-refractivity contribution in [1.29, 1.82) is 0 Å². The molecule has 0 aliphatic heterocycles. The largest absolute Gasteiger partial charge is 0.497 e. The second-order valence-electron chi connectivity index (χ2n) is 12.9. The Morgan fingerprint density at radius 1 is 0.619 bits per heavy atom. The van der Waals surface area contributed by atoms with E-state index in [-0.39, 0.29) is 0 Å². The summed E-state index contributed by atoms with van der Waals surface area (Å²) in [5.41, 5.74) is 6.56. The Labute approximate surface area is 257 Å². The summed E-state index contributed by atoms with van der Waals surface area (Å²) in [7, 11) is 1.75. The van der Waals surface area contributed by atoms with Crippen LogP contribution in [0.3, 0.4) is 0 Å². The summed E-state index contributed by atoms with van der Waals surface area (Å²) < 4.78 is 12.0. The normalized spacial score (nSPS) is 12.4. The highest BCUT2D eigenvalue weighted by Gasteiger charge is 2.31. The maximum atomic E-state index is 6.53. The fourth-order valence-electron chi connectivity index (χ4n) is 6.99. The lowest BCUT2D eigenvalue weighted by Crippen LogP contribution is -2.08. The van der Waals surface area contributed by atoms with Crippen molar-refractivity contribution in [3.05, 3.63) is 59.2 Å². The molecule has 230 valence electrons. The highest BCUT2D eigenvalue weighted by Crippen LogP contribution is 2.40. The lowest BCUT2D eigenvalue weighted by Gasteiger charge is -2.17. The standard InChI is InChI=1S/C40H59O2/c1-3-4-5-6-7-8-9-10-11-12-13-14-15-16-17-18-19-20-21-22-25-36-37-26-23-24-27-39(37)42-40-35-31-29-34(41-2)32-33(35)28-30-38(36)40/h23-24,26-27,29,31-32H,3-22,25,28,30H2,1-2H3/q+1. The van der Waals surface area contributed by atoms with Gasteiger partial charge in [-0.15, -0.1) is 0 Å². The molecule has 0 unspecified atom stereocenters. The minimum atomic E-state index is 0.933. The summed E-state index contributed by atoms with van der Waals surface area (Å²) in [6.45, 7) is 2.30. The smallest absolute Gasteiger partial charge is 0.364 e. The van der Waals surface area contributed by atoms with Crippen LogP contribution in [0.4, 0.5) is 0 Å². The summed E-state index contributed by atoms with van der Waals surface area (Å²) in [5.74, 6) is 2.02. The molecule has 0 spiro atoms. The van der Waals surface area contributed by atoms with Crippen LogP contribution in [0.5, 0.6) is 5.75 Å². The third-order valence-corrected chi connectivity index (χ3v) is 9.54. The number of aryl methyl sites for hydroxylation is 2. The van der Waals surface area contributed by atoms with E-state index in [1.165, 1.54) is 156 Å². The minimum absolute atomic E-state index is 0.933. The first-order chi connectivity index (χ1) is 20.8. The van der Waals surface area contributed by atoms with Crippen molar-refractivity contribution in [3.63, 3.8) is 0 Å². The van der Waals surface area contributed by atoms with Crippen LogP contribution in [-0.2, 0) is 19.3 Å². The number of rotatable bonds is 22. The molecule has 42 heavy (non-hydrogen) atoms.